The highest BCUT2D eigenvalue weighted by Gasteiger charge is 2.30. The van der Waals surface area contributed by atoms with Crippen molar-refractivity contribution in [2.24, 2.45) is 16.8 Å². The van der Waals surface area contributed by atoms with Crippen LogP contribution in [0.25, 0.3) is 0 Å². The van der Waals surface area contributed by atoms with E-state index in [4.69, 9.17) is 0 Å². The molecule has 0 fully saturated rings. The Kier molecular flexibility index (Phi) is 1.18. The fourth-order valence-corrected chi connectivity index (χ4v) is 1.34. The summed E-state index contributed by atoms with van der Waals surface area (Å²) in [6, 6.07) is 0. The van der Waals surface area contributed by atoms with Crippen LogP contribution in [0.5, 0.6) is 0 Å². The van der Waals surface area contributed by atoms with Gasteiger partial charge in [-0.15, -0.1) is 0 Å². The number of hydrogen-bond donors (Lipinski definition) is 0. The van der Waals surface area contributed by atoms with Gasteiger partial charge in [-0.25, -0.2) is 4.99 Å². The van der Waals surface area contributed by atoms with Crippen LogP contribution in [-0.2, 0) is 4.79 Å². The predicted molar refractivity (Wildman–Crippen MR) is 37.7 cm³/mol. The zero-order valence-electron chi connectivity index (χ0n) is 5.73. The van der Waals surface area contributed by atoms with E-state index in [2.05, 4.69) is 4.99 Å². The highest BCUT2D eigenvalue weighted by Crippen LogP contribution is 2.25. The monoisotopic (exact) mass is 148 g/mol. The molecule has 2 rings (SSSR count). The van der Waals surface area contributed by atoms with Gasteiger partial charge in [-0.05, 0) is 5.90 Å². The summed E-state index contributed by atoms with van der Waals surface area (Å²) in [5.41, 5.74) is 0. The molecule has 1 aliphatic heterocycles. The Labute approximate surface area is 63.8 Å². The van der Waals surface area contributed by atoms with Crippen molar-refractivity contribution < 1.29 is 9.90 Å². The highest BCUT2D eigenvalue weighted by atomic mass is 16.3. The Morgan fingerprint density at radius 1 is 1.27 bits per heavy atom. The van der Waals surface area contributed by atoms with Crippen molar-refractivity contribution in [3.8, 4) is 0 Å². The first kappa shape index (κ1) is 6.34. The second-order valence-electron chi connectivity index (χ2n) is 2.61. The number of rotatable bonds is 0. The van der Waals surface area contributed by atoms with Gasteiger partial charge in [0.2, 0.25) is 0 Å². The Bertz CT molecular complexity index is 288. The van der Waals surface area contributed by atoms with Crippen LogP contribution in [-0.4, -0.2) is 11.8 Å². The van der Waals surface area contributed by atoms with Crippen molar-refractivity contribution in [1.82, 2.24) is 0 Å². The van der Waals surface area contributed by atoms with Crippen LogP contribution in [0.4, 0.5) is 0 Å². The average Bonchev–Trinajstić information content (AvgIpc) is 2.30. The van der Waals surface area contributed by atoms with Crippen molar-refractivity contribution in [3.63, 3.8) is 0 Å². The third-order valence-corrected chi connectivity index (χ3v) is 1.93. The molecule has 3 heteroatoms. The fraction of sp³-hybridized carbons (Fsp3) is 0.250. The molecule has 0 saturated heterocycles. The van der Waals surface area contributed by atoms with Crippen molar-refractivity contribution in [2.75, 3.05) is 0 Å². The number of carbonyl (C=O) groups excluding carboxylic acids is 1. The van der Waals surface area contributed by atoms with Gasteiger partial charge in [-0.3, -0.25) is 4.79 Å². The van der Waals surface area contributed by atoms with Crippen LogP contribution in [0.3, 0.4) is 0 Å². The van der Waals surface area contributed by atoms with Gasteiger partial charge in [0, 0.05) is 5.92 Å². The quantitative estimate of drug-likeness (QED) is 0.471. The minimum absolute atomic E-state index is 0.305. The number of fused-ring (bicyclic) bond motifs is 1. The summed E-state index contributed by atoms with van der Waals surface area (Å²) in [5, 5.41) is 10.9. The number of nitrogens with zero attached hydrogens (tertiary/aromatic N) is 1. The van der Waals surface area contributed by atoms with Gasteiger partial charge in [0.15, 0.2) is 0 Å². The number of allylic oxidation sites excluding steroid dienone is 2. The molecule has 0 aromatic carbocycles. The number of amides is 1. The van der Waals surface area contributed by atoms with Crippen LogP contribution < -0.4 is 5.11 Å². The zero-order chi connectivity index (χ0) is 7.84. The summed E-state index contributed by atoms with van der Waals surface area (Å²) in [5.74, 6) is -1.24. The lowest BCUT2D eigenvalue weighted by molar-refractivity contribution is -0.221. The van der Waals surface area contributed by atoms with E-state index in [0.717, 1.165) is 0 Å². The Morgan fingerprint density at radius 2 is 1.91 bits per heavy atom. The number of hydrogen-bond acceptors (Lipinski definition) is 2. The molecule has 56 valence electrons. The number of aliphatic imine (C=N–C) groups is 1. The van der Waals surface area contributed by atoms with Gasteiger partial charge < -0.3 is 5.11 Å². The van der Waals surface area contributed by atoms with E-state index in [9.17, 15) is 9.90 Å². The summed E-state index contributed by atoms with van der Waals surface area (Å²) in [4.78, 5) is 14.3. The zero-order valence-corrected chi connectivity index (χ0v) is 5.73. The molecule has 3 nitrogen and oxygen atoms in total. The first-order valence-electron chi connectivity index (χ1n) is 3.43. The summed E-state index contributed by atoms with van der Waals surface area (Å²) in [6.45, 7) is 0. The molecule has 1 amide bonds. The van der Waals surface area contributed by atoms with Gasteiger partial charge in [-0.1, -0.05) is 24.3 Å². The first-order chi connectivity index (χ1) is 5.29. The fourth-order valence-electron chi connectivity index (χ4n) is 1.34. The van der Waals surface area contributed by atoms with E-state index < -0.39 is 0 Å². The van der Waals surface area contributed by atoms with E-state index in [1.807, 2.05) is 0 Å². The van der Waals surface area contributed by atoms with Crippen LogP contribution in [0.2, 0.25) is 0 Å². The van der Waals surface area contributed by atoms with E-state index in [0.29, 0.717) is 0 Å². The van der Waals surface area contributed by atoms with Crippen LogP contribution in [0.15, 0.2) is 29.3 Å². The molecule has 0 radical (unpaired) electrons. The van der Waals surface area contributed by atoms with Gasteiger partial charge in [0.25, 0.3) is 5.91 Å². The molecule has 2 unspecified atom stereocenters. The van der Waals surface area contributed by atoms with Crippen LogP contribution in [0.1, 0.15) is 0 Å². The molecule has 1 heterocycles. The van der Waals surface area contributed by atoms with Crippen molar-refractivity contribution >= 4 is 11.8 Å². The summed E-state index contributed by atoms with van der Waals surface area (Å²) in [6.07, 6.45) is 6.99. The second-order valence-corrected chi connectivity index (χ2v) is 2.61. The minimum atomic E-state index is -0.313. The van der Waals surface area contributed by atoms with E-state index >= 15 is 0 Å². The first-order valence-corrected chi connectivity index (χ1v) is 3.43. The van der Waals surface area contributed by atoms with Gasteiger partial charge in [0.1, 0.15) is 0 Å². The van der Waals surface area contributed by atoms with E-state index in [1.54, 1.807) is 24.3 Å². The standard InChI is InChI=1S/C8H7NO2/c10-7-5-3-1-2-4-6(5)8(11)9-7/h1-6H,(H,9,10,11)/p-1. The second kappa shape index (κ2) is 2.05. The maximum Gasteiger partial charge on any atom is 0.252 e. The minimum Gasteiger partial charge on any atom is -0.861 e. The lowest BCUT2D eigenvalue weighted by Gasteiger charge is -2.17. The predicted octanol–water partition coefficient (Wildman–Crippen LogP) is -0.356. The number of carbonyl (C=O) groups is 1. The molecule has 2 aliphatic rings. The Hall–Kier alpha value is -1.38. The van der Waals surface area contributed by atoms with Crippen molar-refractivity contribution in [3.05, 3.63) is 24.3 Å². The normalized spacial score (nSPS) is 33.8. The molecular weight excluding hydrogens is 142 g/mol. The maximum absolute atomic E-state index is 10.9. The smallest absolute Gasteiger partial charge is 0.252 e. The van der Waals surface area contributed by atoms with Gasteiger partial charge in [0.05, 0.1) is 5.92 Å². The van der Waals surface area contributed by atoms with Crippen molar-refractivity contribution in [1.29, 1.82) is 0 Å². The molecule has 0 spiro atoms. The third-order valence-electron chi connectivity index (χ3n) is 1.93. The maximum atomic E-state index is 10.9. The molecule has 0 aromatic rings. The lowest BCUT2D eigenvalue weighted by atomic mass is 9.90. The Morgan fingerprint density at radius 3 is 2.55 bits per heavy atom. The van der Waals surface area contributed by atoms with E-state index in [1.165, 1.54) is 0 Å². The van der Waals surface area contributed by atoms with Crippen LogP contribution >= 0.6 is 0 Å². The molecule has 0 aromatic heterocycles. The topological polar surface area (TPSA) is 52.5 Å². The lowest BCUT2D eigenvalue weighted by Crippen LogP contribution is -2.27. The largest absolute Gasteiger partial charge is 0.861 e. The van der Waals surface area contributed by atoms with E-state index in [-0.39, 0.29) is 23.6 Å². The van der Waals surface area contributed by atoms with Gasteiger partial charge >= 0.3 is 0 Å². The van der Waals surface area contributed by atoms with Crippen LogP contribution in [0, 0.1) is 11.8 Å². The molecule has 1 aliphatic carbocycles. The summed E-state index contributed by atoms with van der Waals surface area (Å²) < 4.78 is 0. The highest BCUT2D eigenvalue weighted by molar-refractivity contribution is 6.02. The summed E-state index contributed by atoms with van der Waals surface area (Å²) in [7, 11) is 0. The van der Waals surface area contributed by atoms with Crippen molar-refractivity contribution in [2.45, 2.75) is 0 Å². The average molecular weight is 148 g/mol. The third kappa shape index (κ3) is 0.808. The SMILES string of the molecule is O=C1N=C([O-])C2C=CC=CC12. The molecule has 2 atom stereocenters. The summed E-state index contributed by atoms with van der Waals surface area (Å²) >= 11 is 0. The molecule has 0 bridgehead atoms. The molecule has 0 N–H and O–H groups in total. The molecule has 0 saturated carbocycles. The molecule has 11 heavy (non-hydrogen) atoms. The molecular formula is C8H6NO2-. The Balaban J connectivity index is 2.38. The van der Waals surface area contributed by atoms with Gasteiger partial charge in [-0.2, -0.15) is 0 Å².